The zero-order valence-electron chi connectivity index (χ0n) is 13.3. The van der Waals surface area contributed by atoms with Crippen molar-refractivity contribution in [2.45, 2.75) is 76.5 Å². The van der Waals surface area contributed by atoms with Gasteiger partial charge in [-0.3, -0.25) is 5.32 Å². The Hall–Kier alpha value is -0.630. The number of nitrogens with zero attached hydrogens (tertiary/aromatic N) is 1. The molecule has 1 aliphatic carbocycles. The van der Waals surface area contributed by atoms with Crippen LogP contribution in [0.2, 0.25) is 0 Å². The molecule has 0 amide bonds. The number of rotatable bonds is 9. The van der Waals surface area contributed by atoms with Crippen molar-refractivity contribution in [3.63, 3.8) is 0 Å². The third-order valence-electron chi connectivity index (χ3n) is 4.15. The van der Waals surface area contributed by atoms with Gasteiger partial charge in [0, 0.05) is 13.7 Å². The van der Waals surface area contributed by atoms with E-state index in [1.807, 2.05) is 13.8 Å². The number of nitriles is 1. The molecule has 0 aliphatic heterocycles. The van der Waals surface area contributed by atoms with E-state index in [0.717, 1.165) is 45.3 Å². The number of hydrogen-bond donors (Lipinski definition) is 1. The Morgan fingerprint density at radius 1 is 1.30 bits per heavy atom. The Labute approximate surface area is 123 Å². The minimum Gasteiger partial charge on any atom is -0.381 e. The molecule has 1 rings (SSSR count). The molecule has 0 spiro atoms. The van der Waals surface area contributed by atoms with Crippen molar-refractivity contribution in [3.8, 4) is 6.07 Å². The van der Waals surface area contributed by atoms with Crippen molar-refractivity contribution in [3.05, 3.63) is 0 Å². The predicted octanol–water partition coefficient (Wildman–Crippen LogP) is 3.02. The SMILES string of the molecule is CCNC(C)(C#N)CCCCOC1CCCC(OC)C1. The second-order valence-electron chi connectivity index (χ2n) is 5.95. The molecule has 1 aliphatic rings. The molecule has 20 heavy (non-hydrogen) atoms. The third-order valence-corrected chi connectivity index (χ3v) is 4.15. The fourth-order valence-electron chi connectivity index (χ4n) is 2.87. The van der Waals surface area contributed by atoms with Crippen LogP contribution in [0.15, 0.2) is 0 Å². The van der Waals surface area contributed by atoms with Crippen LogP contribution in [0.5, 0.6) is 0 Å². The minimum atomic E-state index is -0.388. The van der Waals surface area contributed by atoms with Crippen LogP contribution in [-0.2, 0) is 9.47 Å². The quantitative estimate of drug-likeness (QED) is 0.660. The molecule has 1 fully saturated rings. The van der Waals surface area contributed by atoms with Crippen LogP contribution in [0.4, 0.5) is 0 Å². The van der Waals surface area contributed by atoms with E-state index < -0.39 is 0 Å². The summed E-state index contributed by atoms with van der Waals surface area (Å²) in [5.74, 6) is 0. The summed E-state index contributed by atoms with van der Waals surface area (Å²) in [6, 6.07) is 2.36. The molecule has 0 heterocycles. The van der Waals surface area contributed by atoms with Gasteiger partial charge in [-0.25, -0.2) is 0 Å². The van der Waals surface area contributed by atoms with Gasteiger partial charge >= 0.3 is 0 Å². The largest absolute Gasteiger partial charge is 0.381 e. The van der Waals surface area contributed by atoms with Crippen LogP contribution in [0.3, 0.4) is 0 Å². The predicted molar refractivity (Wildman–Crippen MR) is 80.6 cm³/mol. The van der Waals surface area contributed by atoms with Crippen molar-refractivity contribution in [1.82, 2.24) is 5.32 Å². The summed E-state index contributed by atoms with van der Waals surface area (Å²) in [6.45, 7) is 5.64. The number of unbranched alkanes of at least 4 members (excludes halogenated alkanes) is 1. The van der Waals surface area contributed by atoms with Gasteiger partial charge in [-0.1, -0.05) is 6.92 Å². The van der Waals surface area contributed by atoms with E-state index in [2.05, 4.69) is 11.4 Å². The molecule has 4 nitrogen and oxygen atoms in total. The first-order chi connectivity index (χ1) is 9.63. The molecule has 1 N–H and O–H groups in total. The smallest absolute Gasteiger partial charge is 0.103 e. The first-order valence-electron chi connectivity index (χ1n) is 7.94. The maximum atomic E-state index is 9.18. The van der Waals surface area contributed by atoms with E-state index in [1.165, 1.54) is 12.8 Å². The van der Waals surface area contributed by atoms with Gasteiger partial charge in [0.2, 0.25) is 0 Å². The molecular formula is C16H30N2O2. The monoisotopic (exact) mass is 282 g/mol. The van der Waals surface area contributed by atoms with Gasteiger partial charge in [0.15, 0.2) is 0 Å². The fourth-order valence-corrected chi connectivity index (χ4v) is 2.87. The first-order valence-corrected chi connectivity index (χ1v) is 7.94. The molecule has 4 heteroatoms. The number of nitrogens with one attached hydrogen (secondary N) is 1. The van der Waals surface area contributed by atoms with Crippen LogP contribution >= 0.6 is 0 Å². The molecule has 3 atom stereocenters. The lowest BCUT2D eigenvalue weighted by Crippen LogP contribution is -2.40. The highest BCUT2D eigenvalue weighted by molar-refractivity contribution is 5.03. The van der Waals surface area contributed by atoms with Gasteiger partial charge in [0.25, 0.3) is 0 Å². The summed E-state index contributed by atoms with van der Waals surface area (Å²) in [6.07, 6.45) is 8.24. The molecule has 0 radical (unpaired) electrons. The highest BCUT2D eigenvalue weighted by atomic mass is 16.5. The lowest BCUT2D eigenvalue weighted by molar-refractivity contribution is -0.0304. The molecule has 0 aromatic rings. The zero-order chi connectivity index (χ0) is 14.8. The van der Waals surface area contributed by atoms with Gasteiger partial charge in [-0.15, -0.1) is 0 Å². The summed E-state index contributed by atoms with van der Waals surface area (Å²) in [7, 11) is 1.79. The molecule has 0 bridgehead atoms. The second kappa shape index (κ2) is 9.33. The van der Waals surface area contributed by atoms with Crippen LogP contribution < -0.4 is 5.32 Å². The van der Waals surface area contributed by atoms with Crippen molar-refractivity contribution < 1.29 is 9.47 Å². The Morgan fingerprint density at radius 3 is 2.70 bits per heavy atom. The number of ether oxygens (including phenoxy) is 2. The van der Waals surface area contributed by atoms with E-state index in [1.54, 1.807) is 7.11 Å². The topological polar surface area (TPSA) is 54.3 Å². The maximum Gasteiger partial charge on any atom is 0.103 e. The Balaban J connectivity index is 2.11. The van der Waals surface area contributed by atoms with Gasteiger partial charge in [-0.05, 0) is 58.4 Å². The molecule has 0 saturated heterocycles. The molecule has 1 saturated carbocycles. The Kier molecular flexibility index (Phi) is 8.13. The number of methoxy groups -OCH3 is 1. The van der Waals surface area contributed by atoms with Gasteiger partial charge in [0.1, 0.15) is 5.54 Å². The summed E-state index contributed by atoms with van der Waals surface area (Å²) < 4.78 is 11.4. The minimum absolute atomic E-state index is 0.366. The Bertz CT molecular complexity index is 303. The molecule has 0 aromatic carbocycles. The highest BCUT2D eigenvalue weighted by Crippen LogP contribution is 2.23. The van der Waals surface area contributed by atoms with Crippen molar-refractivity contribution in [1.29, 1.82) is 5.26 Å². The highest BCUT2D eigenvalue weighted by Gasteiger charge is 2.23. The van der Waals surface area contributed by atoms with Crippen LogP contribution in [0, 0.1) is 11.3 Å². The molecule has 116 valence electrons. The van der Waals surface area contributed by atoms with Crippen molar-refractivity contribution >= 4 is 0 Å². The normalized spacial score (nSPS) is 25.9. The lowest BCUT2D eigenvalue weighted by Gasteiger charge is -2.28. The Morgan fingerprint density at radius 2 is 2.05 bits per heavy atom. The summed E-state index contributed by atoms with van der Waals surface area (Å²) in [4.78, 5) is 0. The second-order valence-corrected chi connectivity index (χ2v) is 5.95. The fraction of sp³-hybridized carbons (Fsp3) is 0.938. The average Bonchev–Trinajstić information content (AvgIpc) is 2.47. The molecule has 0 aromatic heterocycles. The molecular weight excluding hydrogens is 252 g/mol. The van der Waals surface area contributed by atoms with Crippen molar-refractivity contribution in [2.75, 3.05) is 20.3 Å². The standard InChI is InChI=1S/C16H30N2O2/c1-4-18-16(2,13-17)10-5-6-11-20-15-9-7-8-14(12-15)19-3/h14-15,18H,4-12H2,1-3H3. The van der Waals surface area contributed by atoms with E-state index in [-0.39, 0.29) is 5.54 Å². The lowest BCUT2D eigenvalue weighted by atomic mass is 9.94. The van der Waals surface area contributed by atoms with E-state index >= 15 is 0 Å². The van der Waals surface area contributed by atoms with E-state index in [0.29, 0.717) is 12.2 Å². The van der Waals surface area contributed by atoms with Crippen LogP contribution in [-0.4, -0.2) is 38.0 Å². The summed E-state index contributed by atoms with van der Waals surface area (Å²) in [5.41, 5.74) is -0.388. The van der Waals surface area contributed by atoms with E-state index in [9.17, 15) is 5.26 Å². The average molecular weight is 282 g/mol. The van der Waals surface area contributed by atoms with Crippen LogP contribution in [0.1, 0.15) is 58.8 Å². The molecule has 3 unspecified atom stereocenters. The number of hydrogen-bond acceptors (Lipinski definition) is 4. The van der Waals surface area contributed by atoms with Crippen LogP contribution in [0.25, 0.3) is 0 Å². The third kappa shape index (κ3) is 6.21. The van der Waals surface area contributed by atoms with Gasteiger partial charge in [0.05, 0.1) is 18.3 Å². The van der Waals surface area contributed by atoms with E-state index in [4.69, 9.17) is 9.47 Å². The zero-order valence-corrected chi connectivity index (χ0v) is 13.3. The van der Waals surface area contributed by atoms with Crippen molar-refractivity contribution in [2.24, 2.45) is 0 Å². The first kappa shape index (κ1) is 17.4. The maximum absolute atomic E-state index is 9.18. The van der Waals surface area contributed by atoms with Gasteiger partial charge < -0.3 is 9.47 Å². The summed E-state index contributed by atoms with van der Waals surface area (Å²) in [5, 5.41) is 12.4. The van der Waals surface area contributed by atoms with Gasteiger partial charge in [-0.2, -0.15) is 5.26 Å². The summed E-state index contributed by atoms with van der Waals surface area (Å²) >= 11 is 0.